The quantitative estimate of drug-likeness (QED) is 0.437. The minimum Gasteiger partial charge on any atom is -0.497 e. The van der Waals surface area contributed by atoms with Crippen LogP contribution in [-0.4, -0.2) is 43.1 Å². The highest BCUT2D eigenvalue weighted by Crippen LogP contribution is 2.39. The minimum atomic E-state index is -0.957. The first-order valence-electron chi connectivity index (χ1n) is 10.2. The van der Waals surface area contributed by atoms with Crippen molar-refractivity contribution in [3.05, 3.63) is 35.9 Å². The zero-order valence-corrected chi connectivity index (χ0v) is 18.3. The van der Waals surface area contributed by atoms with Crippen LogP contribution in [0.15, 0.2) is 30.3 Å². The molecule has 2 atom stereocenters. The number of nitrogens with one attached hydrogen (secondary N) is 2. The van der Waals surface area contributed by atoms with Gasteiger partial charge in [0.1, 0.15) is 17.3 Å². The number of carbonyl (C=O) groups excluding carboxylic acids is 3. The summed E-state index contributed by atoms with van der Waals surface area (Å²) in [6.07, 6.45) is 4.71. The average Bonchev–Trinajstić information content (AvgIpc) is 3.60. The van der Waals surface area contributed by atoms with Gasteiger partial charge in [0.15, 0.2) is 6.61 Å². The van der Waals surface area contributed by atoms with E-state index in [1.165, 1.54) is 6.08 Å². The number of rotatable bonds is 10. The Hall–Kier alpha value is -3.34. The molecule has 31 heavy (non-hydrogen) atoms. The highest BCUT2D eigenvalue weighted by molar-refractivity contribution is 5.95. The van der Waals surface area contributed by atoms with Crippen molar-refractivity contribution in [2.45, 2.75) is 45.2 Å². The van der Waals surface area contributed by atoms with E-state index < -0.39 is 36.0 Å². The molecule has 166 valence electrons. The first-order valence-corrected chi connectivity index (χ1v) is 10.2. The molecule has 1 saturated carbocycles. The van der Waals surface area contributed by atoms with Gasteiger partial charge in [-0.3, -0.25) is 9.59 Å². The van der Waals surface area contributed by atoms with E-state index in [0.29, 0.717) is 5.75 Å². The van der Waals surface area contributed by atoms with Crippen LogP contribution in [0, 0.1) is 23.2 Å². The molecule has 0 aliphatic heterocycles. The van der Waals surface area contributed by atoms with Gasteiger partial charge in [-0.05, 0) is 55.4 Å². The van der Waals surface area contributed by atoms with Gasteiger partial charge in [-0.1, -0.05) is 26.0 Å². The molecular weight excluding hydrogens is 398 g/mol. The number of nitriles is 1. The normalized spacial score (nSPS) is 16.1. The number of ether oxygens (including phenoxy) is 2. The second-order valence-corrected chi connectivity index (χ2v) is 8.08. The SMILES string of the molecule is COc1ccc(C=CC(=O)N[C@H](C(=O)OCC(=O)NC(C)(C#N)C2CC2)C(C)C)cc1. The van der Waals surface area contributed by atoms with E-state index >= 15 is 0 Å². The summed E-state index contributed by atoms with van der Waals surface area (Å²) in [5, 5.41) is 14.6. The van der Waals surface area contributed by atoms with E-state index in [4.69, 9.17) is 9.47 Å². The fourth-order valence-corrected chi connectivity index (χ4v) is 3.02. The van der Waals surface area contributed by atoms with Crippen molar-refractivity contribution in [3.63, 3.8) is 0 Å². The first kappa shape index (κ1) is 23.9. The van der Waals surface area contributed by atoms with Gasteiger partial charge in [0.2, 0.25) is 5.91 Å². The van der Waals surface area contributed by atoms with E-state index in [0.717, 1.165) is 18.4 Å². The molecule has 0 heterocycles. The lowest BCUT2D eigenvalue weighted by atomic mass is 9.98. The maximum absolute atomic E-state index is 12.4. The smallest absolute Gasteiger partial charge is 0.329 e. The van der Waals surface area contributed by atoms with E-state index in [-0.39, 0.29) is 11.8 Å². The van der Waals surface area contributed by atoms with Gasteiger partial charge < -0.3 is 20.1 Å². The van der Waals surface area contributed by atoms with Gasteiger partial charge in [0.25, 0.3) is 5.91 Å². The van der Waals surface area contributed by atoms with Crippen LogP contribution in [0.4, 0.5) is 0 Å². The second-order valence-electron chi connectivity index (χ2n) is 8.08. The van der Waals surface area contributed by atoms with E-state index in [9.17, 15) is 19.6 Å². The summed E-state index contributed by atoms with van der Waals surface area (Å²) in [7, 11) is 1.57. The Morgan fingerprint density at radius 2 is 1.90 bits per heavy atom. The third kappa shape index (κ3) is 7.14. The first-order chi connectivity index (χ1) is 14.7. The number of hydrogen-bond donors (Lipinski definition) is 2. The monoisotopic (exact) mass is 427 g/mol. The van der Waals surface area contributed by atoms with Gasteiger partial charge >= 0.3 is 5.97 Å². The highest BCUT2D eigenvalue weighted by atomic mass is 16.5. The van der Waals surface area contributed by atoms with Crippen molar-refractivity contribution >= 4 is 23.9 Å². The maximum atomic E-state index is 12.4. The molecule has 1 aliphatic carbocycles. The van der Waals surface area contributed by atoms with Crippen molar-refractivity contribution in [2.75, 3.05) is 13.7 Å². The van der Waals surface area contributed by atoms with Crippen LogP contribution in [0.2, 0.25) is 0 Å². The molecule has 0 spiro atoms. The Kier molecular flexibility index (Phi) is 8.20. The van der Waals surface area contributed by atoms with Gasteiger partial charge in [-0.25, -0.2) is 4.79 Å². The average molecular weight is 428 g/mol. The predicted molar refractivity (Wildman–Crippen MR) is 115 cm³/mol. The zero-order chi connectivity index (χ0) is 23.0. The van der Waals surface area contributed by atoms with Crippen LogP contribution in [0.5, 0.6) is 5.75 Å². The lowest BCUT2D eigenvalue weighted by molar-refractivity contribution is -0.152. The molecule has 8 nitrogen and oxygen atoms in total. The summed E-state index contributed by atoms with van der Waals surface area (Å²) >= 11 is 0. The third-order valence-corrected chi connectivity index (χ3v) is 5.13. The molecule has 1 aromatic rings. The largest absolute Gasteiger partial charge is 0.497 e. The number of hydrogen-bond acceptors (Lipinski definition) is 6. The Morgan fingerprint density at radius 3 is 2.42 bits per heavy atom. The van der Waals surface area contributed by atoms with Crippen LogP contribution in [0.25, 0.3) is 6.08 Å². The van der Waals surface area contributed by atoms with Crippen molar-refractivity contribution < 1.29 is 23.9 Å². The number of methoxy groups -OCH3 is 1. The van der Waals surface area contributed by atoms with Crippen molar-refractivity contribution in [1.29, 1.82) is 5.26 Å². The molecule has 0 saturated heterocycles. The summed E-state index contributed by atoms with van der Waals surface area (Å²) in [6, 6.07) is 8.35. The molecule has 2 N–H and O–H groups in total. The topological polar surface area (TPSA) is 118 Å². The lowest BCUT2D eigenvalue weighted by Crippen LogP contribution is -2.49. The van der Waals surface area contributed by atoms with E-state index in [1.807, 2.05) is 0 Å². The number of esters is 1. The number of nitrogens with zero attached hydrogens (tertiary/aromatic N) is 1. The Balaban J connectivity index is 1.87. The van der Waals surface area contributed by atoms with E-state index in [1.54, 1.807) is 58.2 Å². The van der Waals surface area contributed by atoms with Crippen LogP contribution in [0.1, 0.15) is 39.2 Å². The van der Waals surface area contributed by atoms with Gasteiger partial charge in [-0.15, -0.1) is 0 Å². The fraction of sp³-hybridized carbons (Fsp3) is 0.478. The molecular formula is C23H29N3O5. The summed E-state index contributed by atoms with van der Waals surface area (Å²) in [6.45, 7) is 4.68. The standard InChI is InChI=1S/C23H29N3O5/c1-15(2)21(25-19(27)12-7-16-5-10-18(30-4)11-6-16)22(29)31-13-20(28)26-23(3,14-24)17-8-9-17/h5-7,10-12,15,17,21H,8-9,13H2,1-4H3,(H,25,27)(H,26,28)/t21-,23?/m0/s1. The Bertz CT molecular complexity index is 868. The fourth-order valence-electron chi connectivity index (χ4n) is 3.02. The summed E-state index contributed by atoms with van der Waals surface area (Å²) in [5.74, 6) is -1.12. The second kappa shape index (κ2) is 10.6. The van der Waals surface area contributed by atoms with Crippen molar-refractivity contribution in [2.24, 2.45) is 11.8 Å². The molecule has 0 aromatic heterocycles. The number of carbonyl (C=O) groups is 3. The van der Waals surface area contributed by atoms with Crippen molar-refractivity contribution in [1.82, 2.24) is 10.6 Å². The number of benzene rings is 1. The molecule has 0 bridgehead atoms. The van der Waals surface area contributed by atoms with E-state index in [2.05, 4.69) is 16.7 Å². The summed E-state index contributed by atoms with van der Waals surface area (Å²) in [5.41, 5.74) is -0.158. The van der Waals surface area contributed by atoms with Crippen LogP contribution >= 0.6 is 0 Å². The molecule has 1 unspecified atom stereocenters. The van der Waals surface area contributed by atoms with Crippen molar-refractivity contribution in [3.8, 4) is 11.8 Å². The number of amides is 2. The molecule has 2 amide bonds. The third-order valence-electron chi connectivity index (χ3n) is 5.13. The maximum Gasteiger partial charge on any atom is 0.329 e. The van der Waals surface area contributed by atoms with Gasteiger partial charge in [0, 0.05) is 6.08 Å². The van der Waals surface area contributed by atoms with Gasteiger partial charge in [0.05, 0.1) is 13.2 Å². The Labute approximate surface area is 182 Å². The predicted octanol–water partition coefficient (Wildman–Crippen LogP) is 2.20. The molecule has 8 heteroatoms. The summed E-state index contributed by atoms with van der Waals surface area (Å²) < 4.78 is 10.2. The Morgan fingerprint density at radius 1 is 1.26 bits per heavy atom. The molecule has 1 aliphatic rings. The van der Waals surface area contributed by atoms with Crippen LogP contribution < -0.4 is 15.4 Å². The van der Waals surface area contributed by atoms with Crippen LogP contribution in [-0.2, 0) is 19.1 Å². The molecule has 1 aromatic carbocycles. The minimum absolute atomic E-state index is 0.123. The van der Waals surface area contributed by atoms with Crippen LogP contribution in [0.3, 0.4) is 0 Å². The molecule has 1 fully saturated rings. The highest BCUT2D eigenvalue weighted by Gasteiger charge is 2.43. The van der Waals surface area contributed by atoms with Gasteiger partial charge in [-0.2, -0.15) is 5.26 Å². The summed E-state index contributed by atoms with van der Waals surface area (Å²) in [4.78, 5) is 36.8. The lowest BCUT2D eigenvalue weighted by Gasteiger charge is -2.23. The molecule has 0 radical (unpaired) electrons. The molecule has 2 rings (SSSR count). The zero-order valence-electron chi connectivity index (χ0n) is 18.3.